The van der Waals surface area contributed by atoms with Crippen LogP contribution in [0.2, 0.25) is 0 Å². The van der Waals surface area contributed by atoms with Crippen molar-refractivity contribution >= 4 is 33.0 Å². The normalized spacial score (nSPS) is 15.7. The van der Waals surface area contributed by atoms with Crippen LogP contribution in [0.15, 0.2) is 34.3 Å². The zero-order valence-corrected chi connectivity index (χ0v) is 8.02. The first-order chi connectivity index (χ1) is 5.36. The predicted octanol–water partition coefficient (Wildman–Crippen LogP) is 2.94. The molecule has 55 valence electrons. The van der Waals surface area contributed by atoms with Crippen LogP contribution < -0.4 is 5.32 Å². The minimum atomic E-state index is 0.904. The fourth-order valence-corrected chi connectivity index (χ4v) is 1.92. The van der Waals surface area contributed by atoms with E-state index in [0.717, 1.165) is 10.3 Å². The van der Waals surface area contributed by atoms with Crippen LogP contribution in [0.3, 0.4) is 0 Å². The third kappa shape index (κ3) is 1.39. The molecule has 1 aromatic rings. The highest BCUT2D eigenvalue weighted by Crippen LogP contribution is 2.25. The van der Waals surface area contributed by atoms with E-state index in [4.69, 9.17) is 0 Å². The quantitative estimate of drug-likeness (QED) is 0.655. The molecule has 0 unspecified atom stereocenters. The molecule has 2 rings (SSSR count). The molecule has 0 bridgehead atoms. The topological polar surface area (TPSA) is 14.1 Å². The first-order valence-electron chi connectivity index (χ1n) is 3.19. The van der Waals surface area contributed by atoms with Gasteiger partial charge in [-0.3, -0.25) is 0 Å². The lowest BCUT2D eigenvalue weighted by Gasteiger charge is -1.96. The van der Waals surface area contributed by atoms with E-state index in [1.165, 1.54) is 4.88 Å². The maximum atomic E-state index is 4.28. The molecule has 11 heavy (non-hydrogen) atoms. The number of hydrogen-bond donors (Lipinski definition) is 0. The Morgan fingerprint density at radius 3 is 2.82 bits per heavy atom. The second-order valence-corrected chi connectivity index (χ2v) is 3.89. The third-order valence-corrected chi connectivity index (χ3v) is 2.71. The van der Waals surface area contributed by atoms with Crippen molar-refractivity contribution in [3.8, 4) is 0 Å². The second kappa shape index (κ2) is 2.83. The maximum absolute atomic E-state index is 4.28. The molecule has 2 heterocycles. The maximum Gasteiger partial charge on any atom is 0.106 e. The highest BCUT2D eigenvalue weighted by atomic mass is 79.9. The van der Waals surface area contributed by atoms with Crippen molar-refractivity contribution in [2.75, 3.05) is 0 Å². The summed E-state index contributed by atoms with van der Waals surface area (Å²) in [5.41, 5.74) is 1.05. The number of thiophene rings is 1. The van der Waals surface area contributed by atoms with E-state index in [-0.39, 0.29) is 0 Å². The molecule has 0 amide bonds. The van der Waals surface area contributed by atoms with E-state index >= 15 is 0 Å². The van der Waals surface area contributed by atoms with Crippen LogP contribution in [0.4, 0.5) is 0 Å². The smallest absolute Gasteiger partial charge is 0.106 e. The van der Waals surface area contributed by atoms with Gasteiger partial charge in [0, 0.05) is 0 Å². The van der Waals surface area contributed by atoms with Crippen LogP contribution in [0, 0.1) is 0 Å². The SMILES string of the molecule is BrC1=CC=C(c2cccs2)[N]1. The van der Waals surface area contributed by atoms with Gasteiger partial charge in [-0.25, -0.2) is 5.32 Å². The Hall–Kier alpha value is -0.540. The zero-order valence-electron chi connectivity index (χ0n) is 5.62. The molecule has 0 N–H and O–H groups in total. The van der Waals surface area contributed by atoms with E-state index in [1.54, 1.807) is 11.3 Å². The van der Waals surface area contributed by atoms with Crippen LogP contribution in [0.1, 0.15) is 4.88 Å². The van der Waals surface area contributed by atoms with Gasteiger partial charge in [0.1, 0.15) is 4.61 Å². The standard InChI is InChI=1S/C8H5BrNS/c9-8-4-3-6(10-8)7-2-1-5-11-7/h1-5H. The van der Waals surface area contributed by atoms with Crippen molar-refractivity contribution in [2.45, 2.75) is 0 Å². The minimum Gasteiger partial charge on any atom is -0.240 e. The summed E-state index contributed by atoms with van der Waals surface area (Å²) in [7, 11) is 0. The molecule has 1 aromatic heterocycles. The van der Waals surface area contributed by atoms with Crippen molar-refractivity contribution < 1.29 is 0 Å². The molecule has 3 heteroatoms. The average Bonchev–Trinajstić information content (AvgIpc) is 2.55. The molecule has 0 atom stereocenters. The molecular weight excluding hydrogens is 222 g/mol. The second-order valence-electron chi connectivity index (χ2n) is 2.13. The Kier molecular flexibility index (Phi) is 1.84. The summed E-state index contributed by atoms with van der Waals surface area (Å²) in [6, 6.07) is 4.10. The van der Waals surface area contributed by atoms with Gasteiger partial charge >= 0.3 is 0 Å². The number of hydrogen-bond acceptors (Lipinski definition) is 1. The molecule has 0 spiro atoms. The molecule has 1 nitrogen and oxygen atoms in total. The summed E-state index contributed by atoms with van der Waals surface area (Å²) in [4.78, 5) is 1.22. The molecular formula is C8H5BrNS. The van der Waals surface area contributed by atoms with Gasteiger partial charge in [0.05, 0.1) is 10.6 Å². The summed E-state index contributed by atoms with van der Waals surface area (Å²) in [5.74, 6) is 0. The number of halogens is 1. The van der Waals surface area contributed by atoms with Crippen molar-refractivity contribution in [3.63, 3.8) is 0 Å². The van der Waals surface area contributed by atoms with Gasteiger partial charge in [-0.15, -0.1) is 11.3 Å². The largest absolute Gasteiger partial charge is 0.240 e. The number of nitrogens with zero attached hydrogens (tertiary/aromatic N) is 1. The summed E-state index contributed by atoms with van der Waals surface area (Å²) in [6.45, 7) is 0. The molecule has 1 aliphatic rings. The highest BCUT2D eigenvalue weighted by molar-refractivity contribution is 9.11. The van der Waals surface area contributed by atoms with E-state index in [9.17, 15) is 0 Å². The lowest BCUT2D eigenvalue weighted by atomic mass is 10.3. The monoisotopic (exact) mass is 226 g/mol. The molecule has 1 radical (unpaired) electrons. The van der Waals surface area contributed by atoms with Gasteiger partial charge < -0.3 is 0 Å². The van der Waals surface area contributed by atoms with E-state index in [1.807, 2.05) is 18.2 Å². The summed E-state index contributed by atoms with van der Waals surface area (Å²) in [6.07, 6.45) is 3.96. The minimum absolute atomic E-state index is 0.904. The summed E-state index contributed by atoms with van der Waals surface area (Å²) in [5, 5.41) is 6.33. The number of allylic oxidation sites excluding steroid dienone is 2. The lowest BCUT2D eigenvalue weighted by Crippen LogP contribution is -1.91. The Labute approximate surface area is 77.6 Å². The fourth-order valence-electron chi connectivity index (χ4n) is 0.899. The van der Waals surface area contributed by atoms with E-state index in [2.05, 4.69) is 32.7 Å². The predicted molar refractivity (Wildman–Crippen MR) is 51.4 cm³/mol. The molecule has 0 saturated heterocycles. The van der Waals surface area contributed by atoms with Crippen LogP contribution >= 0.6 is 27.3 Å². The van der Waals surface area contributed by atoms with Gasteiger partial charge in [-0.1, -0.05) is 6.07 Å². The van der Waals surface area contributed by atoms with Crippen molar-refractivity contribution in [1.82, 2.24) is 5.32 Å². The first-order valence-corrected chi connectivity index (χ1v) is 4.86. The Morgan fingerprint density at radius 1 is 1.36 bits per heavy atom. The van der Waals surface area contributed by atoms with Gasteiger partial charge in [0.2, 0.25) is 0 Å². The summed E-state index contributed by atoms with van der Waals surface area (Å²) < 4.78 is 0.904. The fraction of sp³-hybridized carbons (Fsp3) is 0. The van der Waals surface area contributed by atoms with Crippen molar-refractivity contribution in [1.29, 1.82) is 0 Å². The first kappa shape index (κ1) is 7.13. The number of rotatable bonds is 1. The van der Waals surface area contributed by atoms with Gasteiger partial charge in [-0.05, 0) is 39.5 Å². The average molecular weight is 227 g/mol. The molecule has 0 aromatic carbocycles. The third-order valence-electron chi connectivity index (χ3n) is 1.38. The van der Waals surface area contributed by atoms with E-state index in [0.29, 0.717) is 0 Å². The molecule has 1 aliphatic heterocycles. The van der Waals surface area contributed by atoms with E-state index < -0.39 is 0 Å². The Balaban J connectivity index is 2.23. The van der Waals surface area contributed by atoms with Gasteiger partial charge in [-0.2, -0.15) is 0 Å². The van der Waals surface area contributed by atoms with Gasteiger partial charge in [0.25, 0.3) is 0 Å². The highest BCUT2D eigenvalue weighted by Gasteiger charge is 2.08. The summed E-state index contributed by atoms with van der Waals surface area (Å²) >= 11 is 5.02. The van der Waals surface area contributed by atoms with Gasteiger partial charge in [0.15, 0.2) is 0 Å². The lowest BCUT2D eigenvalue weighted by molar-refractivity contribution is 1.22. The van der Waals surface area contributed by atoms with Crippen molar-refractivity contribution in [2.24, 2.45) is 0 Å². The molecule has 0 fully saturated rings. The van der Waals surface area contributed by atoms with Crippen LogP contribution in [-0.2, 0) is 0 Å². The van der Waals surface area contributed by atoms with Crippen LogP contribution in [-0.4, -0.2) is 0 Å². The van der Waals surface area contributed by atoms with Crippen LogP contribution in [0.25, 0.3) is 5.70 Å². The Bertz CT molecular complexity index is 311. The van der Waals surface area contributed by atoms with Crippen LogP contribution in [0.5, 0.6) is 0 Å². The van der Waals surface area contributed by atoms with Crippen molar-refractivity contribution in [3.05, 3.63) is 39.1 Å². The zero-order chi connectivity index (χ0) is 7.68. The Morgan fingerprint density at radius 2 is 2.27 bits per heavy atom. The molecule has 0 aliphatic carbocycles. The molecule has 0 saturated carbocycles.